The van der Waals surface area contributed by atoms with E-state index in [0.29, 0.717) is 6.42 Å². The number of morpholine rings is 1. The minimum atomic E-state index is 0.0697. The average molecular weight is 348 g/mol. The Balaban J connectivity index is 1.36. The summed E-state index contributed by atoms with van der Waals surface area (Å²) in [5.41, 5.74) is 0.972. The van der Waals surface area contributed by atoms with Crippen molar-refractivity contribution in [2.24, 2.45) is 0 Å². The van der Waals surface area contributed by atoms with Crippen LogP contribution in [0.2, 0.25) is 0 Å². The molecule has 6 nitrogen and oxygen atoms in total. The second-order valence-corrected chi connectivity index (χ2v) is 7.68. The zero-order chi connectivity index (χ0) is 16.4. The number of nitrogens with zero attached hydrogens (tertiary/aromatic N) is 3. The van der Waals surface area contributed by atoms with Crippen molar-refractivity contribution in [2.75, 3.05) is 32.8 Å². The molecule has 0 radical (unpaired) electrons. The van der Waals surface area contributed by atoms with Crippen molar-refractivity contribution in [3.8, 4) is 0 Å². The van der Waals surface area contributed by atoms with Gasteiger partial charge < -0.3 is 10.1 Å². The van der Waals surface area contributed by atoms with Gasteiger partial charge in [-0.05, 0) is 12.8 Å². The molecule has 4 rings (SSSR count). The first-order chi connectivity index (χ1) is 11.8. The van der Waals surface area contributed by atoms with Crippen molar-refractivity contribution in [1.29, 1.82) is 0 Å². The number of amides is 1. The molecule has 0 spiro atoms. The van der Waals surface area contributed by atoms with Crippen molar-refractivity contribution in [3.05, 3.63) is 23.5 Å². The van der Waals surface area contributed by atoms with E-state index in [9.17, 15) is 4.79 Å². The molecule has 1 N–H and O–H groups in total. The SMILES string of the molecule is O=C(Cc1cn2ccsc2n1)NCC1(N2CCOCC2)CCCC1. The number of aromatic nitrogens is 2. The van der Waals surface area contributed by atoms with E-state index >= 15 is 0 Å². The first-order valence-corrected chi connectivity index (χ1v) is 9.64. The first-order valence-electron chi connectivity index (χ1n) is 8.76. The number of rotatable bonds is 5. The number of ether oxygens (including phenoxy) is 1. The maximum atomic E-state index is 12.4. The Morgan fingerprint density at radius 1 is 1.33 bits per heavy atom. The van der Waals surface area contributed by atoms with E-state index in [1.807, 2.05) is 22.2 Å². The number of hydrogen-bond donors (Lipinski definition) is 1. The molecule has 0 atom stereocenters. The first kappa shape index (κ1) is 16.1. The fraction of sp³-hybridized carbons (Fsp3) is 0.647. The molecule has 130 valence electrons. The molecule has 2 aromatic heterocycles. The van der Waals surface area contributed by atoms with Gasteiger partial charge in [0.1, 0.15) is 0 Å². The number of imidazole rings is 1. The van der Waals surface area contributed by atoms with Gasteiger partial charge in [-0.1, -0.05) is 12.8 Å². The number of fused-ring (bicyclic) bond motifs is 1. The Morgan fingerprint density at radius 3 is 2.88 bits per heavy atom. The minimum Gasteiger partial charge on any atom is -0.379 e. The van der Waals surface area contributed by atoms with Crippen LogP contribution in [0.5, 0.6) is 0 Å². The lowest BCUT2D eigenvalue weighted by atomic mass is 9.94. The fourth-order valence-electron chi connectivity index (χ4n) is 4.03. The predicted molar refractivity (Wildman–Crippen MR) is 93.4 cm³/mol. The lowest BCUT2D eigenvalue weighted by Crippen LogP contribution is -2.57. The van der Waals surface area contributed by atoms with Gasteiger partial charge in [0.15, 0.2) is 4.96 Å². The highest BCUT2D eigenvalue weighted by molar-refractivity contribution is 7.15. The Kier molecular flexibility index (Phi) is 4.56. The molecular weight excluding hydrogens is 324 g/mol. The summed E-state index contributed by atoms with van der Waals surface area (Å²) in [6.45, 7) is 4.32. The largest absolute Gasteiger partial charge is 0.379 e. The van der Waals surface area contributed by atoms with Gasteiger partial charge in [-0.2, -0.15) is 0 Å². The average Bonchev–Trinajstić information content (AvgIpc) is 3.30. The summed E-state index contributed by atoms with van der Waals surface area (Å²) in [4.78, 5) is 20.4. The normalized spacial score (nSPS) is 21.3. The van der Waals surface area contributed by atoms with Gasteiger partial charge >= 0.3 is 0 Å². The van der Waals surface area contributed by atoms with Crippen molar-refractivity contribution in [1.82, 2.24) is 19.6 Å². The lowest BCUT2D eigenvalue weighted by Gasteiger charge is -2.43. The molecular formula is C17H24N4O2S. The number of nitrogens with one attached hydrogen (secondary N) is 1. The summed E-state index contributed by atoms with van der Waals surface area (Å²) >= 11 is 1.59. The summed E-state index contributed by atoms with van der Waals surface area (Å²) in [5, 5.41) is 5.18. The molecule has 2 fully saturated rings. The maximum absolute atomic E-state index is 12.4. The quantitative estimate of drug-likeness (QED) is 0.893. The number of carbonyl (C=O) groups is 1. The third kappa shape index (κ3) is 3.20. The Hall–Kier alpha value is -1.44. The topological polar surface area (TPSA) is 58.9 Å². The standard InChI is InChI=1S/C17H24N4O2S/c22-15(11-14-12-20-7-10-24-16(20)19-14)18-13-17(3-1-2-4-17)21-5-8-23-9-6-21/h7,10,12H,1-6,8-9,11,13H2,(H,18,22). The van der Waals surface area contributed by atoms with E-state index in [1.54, 1.807) is 11.3 Å². The van der Waals surface area contributed by atoms with E-state index in [2.05, 4.69) is 15.2 Å². The molecule has 3 heterocycles. The summed E-state index contributed by atoms with van der Waals surface area (Å²) in [6.07, 6.45) is 9.13. The molecule has 24 heavy (non-hydrogen) atoms. The van der Waals surface area contributed by atoms with Gasteiger partial charge in [0.2, 0.25) is 5.91 Å². The van der Waals surface area contributed by atoms with Crippen LogP contribution >= 0.6 is 11.3 Å². The molecule has 1 aliphatic carbocycles. The number of hydrogen-bond acceptors (Lipinski definition) is 5. The van der Waals surface area contributed by atoms with Crippen LogP contribution in [-0.2, 0) is 16.0 Å². The smallest absolute Gasteiger partial charge is 0.226 e. The van der Waals surface area contributed by atoms with Gasteiger partial charge in [-0.25, -0.2) is 4.98 Å². The second-order valence-electron chi connectivity index (χ2n) is 6.81. The zero-order valence-corrected chi connectivity index (χ0v) is 14.7. The van der Waals surface area contributed by atoms with Gasteiger partial charge in [0.25, 0.3) is 0 Å². The molecule has 7 heteroatoms. The van der Waals surface area contributed by atoms with Gasteiger partial charge in [0.05, 0.1) is 25.3 Å². The highest BCUT2D eigenvalue weighted by atomic mass is 32.1. The monoisotopic (exact) mass is 348 g/mol. The van der Waals surface area contributed by atoms with E-state index in [4.69, 9.17) is 4.74 Å². The van der Waals surface area contributed by atoms with Crippen molar-refractivity contribution in [2.45, 2.75) is 37.6 Å². The Bertz CT molecular complexity index is 670. The number of carbonyl (C=O) groups excluding carboxylic acids is 1. The molecule has 1 aliphatic heterocycles. The van der Waals surface area contributed by atoms with Gasteiger partial charge in [0, 0.05) is 42.9 Å². The Morgan fingerprint density at radius 2 is 2.12 bits per heavy atom. The third-order valence-electron chi connectivity index (χ3n) is 5.32. The molecule has 0 unspecified atom stereocenters. The van der Waals surface area contributed by atoms with Crippen LogP contribution in [0.25, 0.3) is 4.96 Å². The van der Waals surface area contributed by atoms with Crippen LogP contribution in [0, 0.1) is 0 Å². The van der Waals surface area contributed by atoms with Gasteiger partial charge in [-0.3, -0.25) is 14.1 Å². The number of thiazole rings is 1. The van der Waals surface area contributed by atoms with Crippen molar-refractivity contribution in [3.63, 3.8) is 0 Å². The van der Waals surface area contributed by atoms with E-state index in [-0.39, 0.29) is 11.4 Å². The Labute approximate surface area is 145 Å². The molecule has 0 bridgehead atoms. The maximum Gasteiger partial charge on any atom is 0.226 e. The third-order valence-corrected chi connectivity index (χ3v) is 6.09. The molecule has 1 saturated heterocycles. The highest BCUT2D eigenvalue weighted by Crippen LogP contribution is 2.35. The van der Waals surface area contributed by atoms with Crippen LogP contribution in [-0.4, -0.2) is 58.6 Å². The van der Waals surface area contributed by atoms with Crippen LogP contribution in [0.1, 0.15) is 31.4 Å². The van der Waals surface area contributed by atoms with Crippen LogP contribution in [0.4, 0.5) is 0 Å². The summed E-state index contributed by atoms with van der Waals surface area (Å²) in [5.74, 6) is 0.0697. The van der Waals surface area contributed by atoms with Crippen LogP contribution in [0.3, 0.4) is 0 Å². The van der Waals surface area contributed by atoms with Crippen LogP contribution < -0.4 is 5.32 Å². The zero-order valence-electron chi connectivity index (χ0n) is 13.9. The van der Waals surface area contributed by atoms with E-state index < -0.39 is 0 Å². The molecule has 2 aromatic rings. The van der Waals surface area contributed by atoms with E-state index in [0.717, 1.165) is 43.5 Å². The summed E-state index contributed by atoms with van der Waals surface area (Å²) in [6, 6.07) is 0. The summed E-state index contributed by atoms with van der Waals surface area (Å²) < 4.78 is 7.46. The summed E-state index contributed by atoms with van der Waals surface area (Å²) in [7, 11) is 0. The van der Waals surface area contributed by atoms with E-state index in [1.165, 1.54) is 25.7 Å². The molecule has 0 aromatic carbocycles. The molecule has 1 saturated carbocycles. The molecule has 1 amide bonds. The lowest BCUT2D eigenvalue weighted by molar-refractivity contribution is -0.121. The van der Waals surface area contributed by atoms with Crippen molar-refractivity contribution < 1.29 is 9.53 Å². The van der Waals surface area contributed by atoms with Gasteiger partial charge in [-0.15, -0.1) is 11.3 Å². The molecule has 2 aliphatic rings. The minimum absolute atomic E-state index is 0.0697. The van der Waals surface area contributed by atoms with Crippen molar-refractivity contribution >= 4 is 22.2 Å². The van der Waals surface area contributed by atoms with Crippen LogP contribution in [0.15, 0.2) is 17.8 Å². The highest BCUT2D eigenvalue weighted by Gasteiger charge is 2.40. The second kappa shape index (κ2) is 6.82. The predicted octanol–water partition coefficient (Wildman–Crippen LogP) is 1.70. The fourth-order valence-corrected chi connectivity index (χ4v) is 4.75.